The summed E-state index contributed by atoms with van der Waals surface area (Å²) in [5.41, 5.74) is 4.54. The zero-order valence-corrected chi connectivity index (χ0v) is 12.7. The van der Waals surface area contributed by atoms with Crippen molar-refractivity contribution in [2.45, 2.75) is 20.0 Å². The fraction of sp³-hybridized carbons (Fsp3) is 0.308. The highest BCUT2D eigenvalue weighted by Crippen LogP contribution is 2.28. The van der Waals surface area contributed by atoms with Crippen LogP contribution in [-0.2, 0) is 13.1 Å². The lowest BCUT2D eigenvalue weighted by atomic mass is 10.1. The normalized spacial score (nSPS) is 10.9. The summed E-state index contributed by atoms with van der Waals surface area (Å²) in [6.07, 6.45) is 0. The third-order valence-corrected chi connectivity index (χ3v) is 3.83. The van der Waals surface area contributed by atoms with E-state index in [9.17, 15) is 10.1 Å². The van der Waals surface area contributed by atoms with Gasteiger partial charge in [0.2, 0.25) is 0 Å². The van der Waals surface area contributed by atoms with E-state index in [0.29, 0.717) is 18.8 Å². The molecule has 0 radical (unpaired) electrons. The number of hydrazine groups is 1. The molecule has 0 atom stereocenters. The van der Waals surface area contributed by atoms with Crippen molar-refractivity contribution in [3.05, 3.63) is 50.0 Å². The van der Waals surface area contributed by atoms with Gasteiger partial charge in [-0.25, -0.2) is 4.98 Å². The van der Waals surface area contributed by atoms with Crippen molar-refractivity contribution in [3.63, 3.8) is 0 Å². The molecule has 7 nitrogen and oxygen atoms in total. The maximum absolute atomic E-state index is 11.0. The van der Waals surface area contributed by atoms with Gasteiger partial charge in [0.05, 0.1) is 15.6 Å². The van der Waals surface area contributed by atoms with Crippen LogP contribution in [0.3, 0.4) is 0 Å². The van der Waals surface area contributed by atoms with E-state index in [1.165, 1.54) is 6.07 Å². The number of nitrogens with two attached hydrogens (primary N) is 1. The number of aromatic nitrogens is 1. The highest BCUT2D eigenvalue weighted by molar-refractivity contribution is 7.09. The van der Waals surface area contributed by atoms with Gasteiger partial charge in [-0.05, 0) is 19.5 Å². The van der Waals surface area contributed by atoms with Crippen LogP contribution >= 0.6 is 11.3 Å². The highest BCUT2D eigenvalue weighted by atomic mass is 32.1. The molecule has 0 saturated heterocycles. The van der Waals surface area contributed by atoms with Crippen molar-refractivity contribution >= 4 is 22.7 Å². The lowest BCUT2D eigenvalue weighted by Crippen LogP contribution is -2.20. The molecule has 112 valence electrons. The van der Waals surface area contributed by atoms with Gasteiger partial charge in [0.1, 0.15) is 5.69 Å². The predicted molar refractivity (Wildman–Crippen MR) is 82.9 cm³/mol. The minimum absolute atomic E-state index is 0.0205. The van der Waals surface area contributed by atoms with Gasteiger partial charge in [-0.2, -0.15) is 0 Å². The third-order valence-electron chi connectivity index (χ3n) is 3.01. The number of nitrogens with zero attached hydrogens (tertiary/aromatic N) is 3. The van der Waals surface area contributed by atoms with E-state index in [0.717, 1.165) is 16.3 Å². The van der Waals surface area contributed by atoms with Gasteiger partial charge in [-0.1, -0.05) is 12.1 Å². The van der Waals surface area contributed by atoms with Crippen LogP contribution in [0.2, 0.25) is 0 Å². The molecule has 0 unspecified atom stereocenters. The number of aryl methyl sites for hydroxylation is 1. The molecule has 2 aromatic rings. The van der Waals surface area contributed by atoms with Gasteiger partial charge in [0.15, 0.2) is 0 Å². The second kappa shape index (κ2) is 6.61. The minimum Gasteiger partial charge on any atom is -0.318 e. The lowest BCUT2D eigenvalue weighted by Gasteiger charge is -2.17. The van der Waals surface area contributed by atoms with E-state index < -0.39 is 4.92 Å². The molecule has 0 fully saturated rings. The molecule has 2 rings (SSSR count). The smallest absolute Gasteiger partial charge is 0.293 e. The molecule has 0 bridgehead atoms. The van der Waals surface area contributed by atoms with Crippen LogP contribution in [0.5, 0.6) is 0 Å². The van der Waals surface area contributed by atoms with Crippen LogP contribution in [0.4, 0.5) is 11.4 Å². The maximum Gasteiger partial charge on any atom is 0.293 e. The van der Waals surface area contributed by atoms with Gasteiger partial charge in [0, 0.05) is 24.5 Å². The van der Waals surface area contributed by atoms with E-state index in [-0.39, 0.29) is 5.69 Å². The molecule has 0 aliphatic rings. The number of benzene rings is 1. The van der Waals surface area contributed by atoms with Gasteiger partial charge in [-0.15, -0.1) is 11.3 Å². The van der Waals surface area contributed by atoms with Crippen LogP contribution in [-0.4, -0.2) is 21.9 Å². The zero-order valence-electron chi connectivity index (χ0n) is 11.9. The summed E-state index contributed by atoms with van der Waals surface area (Å²) >= 11 is 1.61. The number of nitrogen functional groups attached to an aromatic ring is 1. The molecule has 0 amide bonds. The van der Waals surface area contributed by atoms with E-state index in [1.807, 2.05) is 30.3 Å². The summed E-state index contributed by atoms with van der Waals surface area (Å²) in [5.74, 6) is 5.44. The summed E-state index contributed by atoms with van der Waals surface area (Å²) in [6, 6.07) is 4.92. The molecule has 1 aromatic carbocycles. The average Bonchev–Trinajstić information content (AvgIpc) is 2.83. The van der Waals surface area contributed by atoms with Gasteiger partial charge in [0.25, 0.3) is 5.69 Å². The Morgan fingerprint density at radius 3 is 2.81 bits per heavy atom. The van der Waals surface area contributed by atoms with Crippen molar-refractivity contribution in [2.24, 2.45) is 5.84 Å². The van der Waals surface area contributed by atoms with Crippen LogP contribution < -0.4 is 11.3 Å². The lowest BCUT2D eigenvalue weighted by molar-refractivity contribution is -0.384. The van der Waals surface area contributed by atoms with Crippen LogP contribution in [0.15, 0.2) is 23.6 Å². The average molecular weight is 307 g/mol. The largest absolute Gasteiger partial charge is 0.318 e. The summed E-state index contributed by atoms with van der Waals surface area (Å²) in [5, 5.41) is 14.0. The molecule has 0 aliphatic heterocycles. The standard InChI is InChI=1S/C13H17N5O2S/c1-9-15-11(8-21-9)7-17(2)6-10-4-3-5-12(18(19)20)13(10)16-14/h3-5,8,16H,6-7,14H2,1-2H3. The Balaban J connectivity index is 2.15. The SMILES string of the molecule is Cc1nc(CN(C)Cc2cccc([N+](=O)[O-])c2NN)cs1. The number of hydrogen-bond donors (Lipinski definition) is 2. The Morgan fingerprint density at radius 1 is 1.48 bits per heavy atom. The Labute approximate surface area is 126 Å². The van der Waals surface area contributed by atoms with Crippen molar-refractivity contribution < 1.29 is 4.92 Å². The number of nitro benzene ring substituents is 1. The van der Waals surface area contributed by atoms with E-state index >= 15 is 0 Å². The van der Waals surface area contributed by atoms with Crippen LogP contribution in [0.1, 0.15) is 16.3 Å². The molecular formula is C13H17N5O2S. The molecule has 8 heteroatoms. The number of rotatable bonds is 6. The molecule has 1 heterocycles. The van der Waals surface area contributed by atoms with E-state index in [4.69, 9.17) is 5.84 Å². The molecule has 0 spiro atoms. The van der Waals surface area contributed by atoms with Crippen molar-refractivity contribution in [1.82, 2.24) is 9.88 Å². The quantitative estimate of drug-likeness (QED) is 0.483. The van der Waals surface area contributed by atoms with Gasteiger partial charge < -0.3 is 5.43 Å². The summed E-state index contributed by atoms with van der Waals surface area (Å²) in [7, 11) is 1.94. The predicted octanol–water partition coefficient (Wildman–Crippen LogP) is 2.28. The number of para-hydroxylation sites is 1. The first kappa shape index (κ1) is 15.4. The third kappa shape index (κ3) is 3.75. The fourth-order valence-corrected chi connectivity index (χ4v) is 2.75. The summed E-state index contributed by atoms with van der Waals surface area (Å²) < 4.78 is 0. The topological polar surface area (TPSA) is 97.3 Å². The zero-order chi connectivity index (χ0) is 15.4. The number of anilines is 1. The molecule has 0 saturated carbocycles. The van der Waals surface area contributed by atoms with E-state index in [1.54, 1.807) is 17.4 Å². The second-order valence-corrected chi connectivity index (χ2v) is 5.81. The number of thiazole rings is 1. The number of nitrogens with one attached hydrogen (secondary N) is 1. The van der Waals surface area contributed by atoms with Crippen molar-refractivity contribution in [2.75, 3.05) is 12.5 Å². The number of nitro groups is 1. The van der Waals surface area contributed by atoms with Gasteiger partial charge >= 0.3 is 0 Å². The van der Waals surface area contributed by atoms with E-state index in [2.05, 4.69) is 10.4 Å². The Kier molecular flexibility index (Phi) is 4.84. The number of hydrogen-bond acceptors (Lipinski definition) is 7. The molecular weight excluding hydrogens is 290 g/mol. The minimum atomic E-state index is -0.442. The Morgan fingerprint density at radius 2 is 2.24 bits per heavy atom. The first-order chi connectivity index (χ1) is 10.0. The highest BCUT2D eigenvalue weighted by Gasteiger charge is 2.17. The first-order valence-electron chi connectivity index (χ1n) is 6.33. The molecule has 3 N–H and O–H groups in total. The second-order valence-electron chi connectivity index (χ2n) is 4.74. The Hall–Kier alpha value is -2.03. The summed E-state index contributed by atoms with van der Waals surface area (Å²) in [6.45, 7) is 3.18. The first-order valence-corrected chi connectivity index (χ1v) is 7.21. The molecule has 21 heavy (non-hydrogen) atoms. The van der Waals surface area contributed by atoms with Gasteiger partial charge in [-0.3, -0.25) is 20.9 Å². The summed E-state index contributed by atoms with van der Waals surface area (Å²) in [4.78, 5) is 17.0. The molecule has 0 aliphatic carbocycles. The Bertz CT molecular complexity index is 643. The molecule has 1 aromatic heterocycles. The maximum atomic E-state index is 11.0. The van der Waals surface area contributed by atoms with Crippen LogP contribution in [0, 0.1) is 17.0 Å². The van der Waals surface area contributed by atoms with Crippen LogP contribution in [0.25, 0.3) is 0 Å². The van der Waals surface area contributed by atoms with Crippen molar-refractivity contribution in [1.29, 1.82) is 0 Å². The monoisotopic (exact) mass is 307 g/mol. The van der Waals surface area contributed by atoms with Crippen molar-refractivity contribution in [3.8, 4) is 0 Å². The fourth-order valence-electron chi connectivity index (χ4n) is 2.14.